The van der Waals surface area contributed by atoms with Gasteiger partial charge in [0.1, 0.15) is 18.5 Å². The molecule has 0 radical (unpaired) electrons. The molecule has 3 rings (SSSR count). The predicted molar refractivity (Wildman–Crippen MR) is 114 cm³/mol. The fraction of sp³-hybridized carbons (Fsp3) is 0.167. The highest BCUT2D eigenvalue weighted by atomic mass is 19.1. The second-order valence-electron chi connectivity index (χ2n) is 6.92. The van der Waals surface area contributed by atoms with Crippen LogP contribution in [0.2, 0.25) is 0 Å². The molecule has 0 bridgehead atoms. The van der Waals surface area contributed by atoms with Crippen LogP contribution in [0.3, 0.4) is 0 Å². The minimum Gasteiger partial charge on any atom is -0.493 e. The number of amides is 2. The highest BCUT2D eigenvalue weighted by Gasteiger charge is 2.28. The van der Waals surface area contributed by atoms with Crippen molar-refractivity contribution in [3.63, 3.8) is 0 Å². The van der Waals surface area contributed by atoms with Gasteiger partial charge in [-0.15, -0.1) is 0 Å². The fourth-order valence-electron chi connectivity index (χ4n) is 3.23. The summed E-state index contributed by atoms with van der Waals surface area (Å²) in [6, 6.07) is 18.7. The number of hydrogen-bond donors (Lipinski definition) is 1. The van der Waals surface area contributed by atoms with Gasteiger partial charge >= 0.3 is 0 Å². The molecule has 6 nitrogen and oxygen atoms in total. The van der Waals surface area contributed by atoms with Crippen molar-refractivity contribution in [2.75, 3.05) is 14.2 Å². The van der Waals surface area contributed by atoms with Crippen LogP contribution in [0.5, 0.6) is 11.5 Å². The Hall–Kier alpha value is -3.87. The van der Waals surface area contributed by atoms with Gasteiger partial charge in [0, 0.05) is 12.6 Å². The number of likely N-dealkylation sites (N-methyl/N-ethyl adjacent to an activating group) is 1. The van der Waals surface area contributed by atoms with Gasteiger partial charge in [-0.25, -0.2) is 4.39 Å². The summed E-state index contributed by atoms with van der Waals surface area (Å²) in [5.74, 6) is -0.915. The van der Waals surface area contributed by atoms with Crippen molar-refractivity contribution in [3.8, 4) is 11.5 Å². The third-order valence-electron chi connectivity index (χ3n) is 4.79. The molecule has 0 saturated carbocycles. The summed E-state index contributed by atoms with van der Waals surface area (Å²) in [5, 5.41) is 0. The topological polar surface area (TPSA) is 81.9 Å². The lowest BCUT2D eigenvalue weighted by atomic mass is 10.0. The number of carbonyl (C=O) groups is 2. The first-order chi connectivity index (χ1) is 14.9. The van der Waals surface area contributed by atoms with Gasteiger partial charge in [0.05, 0.1) is 7.11 Å². The number of rotatable bonds is 8. The zero-order valence-electron chi connectivity index (χ0n) is 17.2. The minimum atomic E-state index is -1.12. The average molecular weight is 422 g/mol. The van der Waals surface area contributed by atoms with E-state index in [1.54, 1.807) is 18.2 Å². The van der Waals surface area contributed by atoms with Crippen LogP contribution in [-0.2, 0) is 11.4 Å². The van der Waals surface area contributed by atoms with E-state index in [-0.39, 0.29) is 11.1 Å². The summed E-state index contributed by atoms with van der Waals surface area (Å²) < 4.78 is 24.8. The van der Waals surface area contributed by atoms with Gasteiger partial charge in [0.2, 0.25) is 5.91 Å². The van der Waals surface area contributed by atoms with E-state index >= 15 is 0 Å². The quantitative estimate of drug-likeness (QED) is 0.600. The highest BCUT2D eigenvalue weighted by molar-refractivity contribution is 5.98. The van der Waals surface area contributed by atoms with Crippen LogP contribution in [0.25, 0.3) is 0 Å². The molecular weight excluding hydrogens is 399 g/mol. The predicted octanol–water partition coefficient (Wildman–Crippen LogP) is 3.71. The van der Waals surface area contributed by atoms with E-state index < -0.39 is 23.7 Å². The largest absolute Gasteiger partial charge is 0.493 e. The lowest BCUT2D eigenvalue weighted by molar-refractivity contribution is -0.122. The van der Waals surface area contributed by atoms with Crippen molar-refractivity contribution in [2.24, 2.45) is 5.73 Å². The van der Waals surface area contributed by atoms with Crippen LogP contribution >= 0.6 is 0 Å². The summed E-state index contributed by atoms with van der Waals surface area (Å²) in [6.45, 7) is 0.341. The van der Waals surface area contributed by atoms with E-state index in [1.807, 2.05) is 30.3 Å². The van der Waals surface area contributed by atoms with E-state index in [0.717, 1.165) is 5.56 Å². The number of ether oxygens (including phenoxy) is 2. The first-order valence-electron chi connectivity index (χ1n) is 9.57. The van der Waals surface area contributed by atoms with E-state index in [1.165, 1.54) is 43.3 Å². The Kier molecular flexibility index (Phi) is 6.87. The summed E-state index contributed by atoms with van der Waals surface area (Å²) >= 11 is 0. The second kappa shape index (κ2) is 9.75. The molecule has 0 aliphatic rings. The Balaban J connectivity index is 1.82. The first-order valence-corrected chi connectivity index (χ1v) is 9.57. The van der Waals surface area contributed by atoms with Gasteiger partial charge in [-0.05, 0) is 41.5 Å². The summed E-state index contributed by atoms with van der Waals surface area (Å²) in [6.07, 6.45) is 0. The van der Waals surface area contributed by atoms with Gasteiger partial charge in [-0.3, -0.25) is 9.59 Å². The second-order valence-corrected chi connectivity index (χ2v) is 6.92. The molecule has 3 aromatic carbocycles. The molecule has 31 heavy (non-hydrogen) atoms. The maximum Gasteiger partial charge on any atom is 0.254 e. The average Bonchev–Trinajstić information content (AvgIpc) is 2.77. The lowest BCUT2D eigenvalue weighted by Gasteiger charge is -2.26. The zero-order valence-corrected chi connectivity index (χ0v) is 17.2. The summed E-state index contributed by atoms with van der Waals surface area (Å²) in [7, 11) is 2.91. The molecule has 3 aromatic rings. The SMILES string of the molecule is COc1cc(C(=O)N(C)C(C(N)=O)c2cccc(F)c2)ccc1OCc1ccccc1. The first kappa shape index (κ1) is 21.8. The van der Waals surface area contributed by atoms with Crippen molar-refractivity contribution < 1.29 is 23.5 Å². The van der Waals surface area contributed by atoms with Gasteiger partial charge in [0.25, 0.3) is 5.91 Å². The number of nitrogens with two attached hydrogens (primary N) is 1. The Morgan fingerprint density at radius 1 is 1.00 bits per heavy atom. The van der Waals surface area contributed by atoms with Crippen molar-refractivity contribution >= 4 is 11.8 Å². The molecule has 0 aliphatic carbocycles. The van der Waals surface area contributed by atoms with Gasteiger partial charge in [0.15, 0.2) is 11.5 Å². The van der Waals surface area contributed by atoms with Crippen LogP contribution in [0, 0.1) is 5.82 Å². The number of carbonyl (C=O) groups excluding carboxylic acids is 2. The number of primary amides is 1. The normalized spacial score (nSPS) is 11.5. The van der Waals surface area contributed by atoms with Gasteiger partial charge in [-0.1, -0.05) is 42.5 Å². The van der Waals surface area contributed by atoms with Gasteiger partial charge < -0.3 is 20.1 Å². The molecule has 0 aromatic heterocycles. The van der Waals surface area contributed by atoms with Gasteiger partial charge in [-0.2, -0.15) is 0 Å². The van der Waals surface area contributed by atoms with Crippen molar-refractivity contribution in [1.29, 1.82) is 0 Å². The van der Waals surface area contributed by atoms with Crippen molar-refractivity contribution in [2.45, 2.75) is 12.6 Å². The van der Waals surface area contributed by atoms with Crippen LogP contribution < -0.4 is 15.2 Å². The van der Waals surface area contributed by atoms with Crippen LogP contribution in [0.15, 0.2) is 72.8 Å². The Bertz CT molecular complexity index is 1070. The third-order valence-corrected chi connectivity index (χ3v) is 4.79. The number of halogens is 1. The standard InChI is InChI=1S/C24H23FN2O4/c1-27(22(23(26)28)17-9-6-10-19(25)13-17)24(29)18-11-12-20(21(14-18)30-2)31-15-16-7-4-3-5-8-16/h3-14,22H,15H2,1-2H3,(H2,26,28). The smallest absolute Gasteiger partial charge is 0.254 e. The number of benzene rings is 3. The molecule has 0 fully saturated rings. The fourth-order valence-corrected chi connectivity index (χ4v) is 3.23. The van der Waals surface area contributed by atoms with E-state index in [2.05, 4.69) is 0 Å². The van der Waals surface area contributed by atoms with Crippen molar-refractivity contribution in [1.82, 2.24) is 4.90 Å². The highest BCUT2D eigenvalue weighted by Crippen LogP contribution is 2.30. The molecule has 7 heteroatoms. The molecule has 0 saturated heterocycles. The molecular formula is C24H23FN2O4. The molecule has 1 atom stereocenters. The van der Waals surface area contributed by atoms with E-state index in [4.69, 9.17) is 15.2 Å². The van der Waals surface area contributed by atoms with Crippen LogP contribution in [-0.4, -0.2) is 30.9 Å². The monoisotopic (exact) mass is 422 g/mol. The lowest BCUT2D eigenvalue weighted by Crippen LogP contribution is -2.39. The Morgan fingerprint density at radius 3 is 2.39 bits per heavy atom. The zero-order chi connectivity index (χ0) is 22.4. The molecule has 0 heterocycles. The summed E-state index contributed by atoms with van der Waals surface area (Å²) in [5.41, 5.74) is 7.06. The summed E-state index contributed by atoms with van der Waals surface area (Å²) in [4.78, 5) is 26.3. The van der Waals surface area contributed by atoms with Crippen LogP contribution in [0.1, 0.15) is 27.5 Å². The molecule has 1 unspecified atom stereocenters. The van der Waals surface area contributed by atoms with Crippen molar-refractivity contribution in [3.05, 3.63) is 95.3 Å². The van der Waals surface area contributed by atoms with Crippen LogP contribution in [0.4, 0.5) is 4.39 Å². The number of methoxy groups -OCH3 is 1. The number of nitrogens with zero attached hydrogens (tertiary/aromatic N) is 1. The maximum absolute atomic E-state index is 13.6. The van der Waals surface area contributed by atoms with E-state index in [0.29, 0.717) is 18.1 Å². The Morgan fingerprint density at radius 2 is 1.74 bits per heavy atom. The molecule has 2 amide bonds. The Labute approximate surface area is 180 Å². The molecule has 0 aliphatic heterocycles. The molecule has 0 spiro atoms. The van der Waals surface area contributed by atoms with E-state index in [9.17, 15) is 14.0 Å². The molecule has 2 N–H and O–H groups in total. The maximum atomic E-state index is 13.6. The minimum absolute atomic E-state index is 0.272. The number of hydrogen-bond acceptors (Lipinski definition) is 4. The third kappa shape index (κ3) is 5.19. The molecule has 160 valence electrons.